The fourth-order valence-corrected chi connectivity index (χ4v) is 13.8. The lowest BCUT2D eigenvalue weighted by Crippen LogP contribution is -2.33. The number of fused-ring (bicyclic) bond motifs is 6. The van der Waals surface area contributed by atoms with Crippen LogP contribution < -0.4 is 4.90 Å². The highest BCUT2D eigenvalue weighted by Gasteiger charge is 2.50. The molecule has 2 atom stereocenters. The van der Waals surface area contributed by atoms with Crippen LogP contribution >= 0.6 is 0 Å². The number of allylic oxidation sites excluding steroid dienone is 6. The van der Waals surface area contributed by atoms with Crippen molar-refractivity contribution in [3.05, 3.63) is 95.7 Å². The highest BCUT2D eigenvalue weighted by Crippen LogP contribution is 2.54. The van der Waals surface area contributed by atoms with Crippen LogP contribution in [0.25, 0.3) is 21.5 Å². The third kappa shape index (κ3) is 16.9. The number of hydrogen-bond acceptors (Lipinski definition) is 18. The van der Waals surface area contributed by atoms with Crippen molar-refractivity contribution in [1.82, 2.24) is 0 Å². The molecule has 30 heteroatoms. The van der Waals surface area contributed by atoms with Crippen LogP contribution in [-0.4, -0.2) is 185 Å². The van der Waals surface area contributed by atoms with Crippen molar-refractivity contribution in [2.45, 2.75) is 89.2 Å². The van der Waals surface area contributed by atoms with Gasteiger partial charge in [0, 0.05) is 92.1 Å². The minimum absolute atomic E-state index is 0.00483. The summed E-state index contributed by atoms with van der Waals surface area (Å²) in [5, 5.41) is 9.28. The van der Waals surface area contributed by atoms with E-state index in [0.717, 1.165) is 12.1 Å². The monoisotopic (exact) mass is 1280 g/mol. The molecule has 0 aromatic heterocycles. The maximum atomic E-state index is 12.9. The zero-order chi connectivity index (χ0) is 61.9. The molecule has 4 aromatic carbocycles. The van der Waals surface area contributed by atoms with Gasteiger partial charge in [-0.25, -0.2) is 0 Å². The molecule has 0 spiro atoms. The zero-order valence-corrected chi connectivity index (χ0v) is 50.8. The van der Waals surface area contributed by atoms with Gasteiger partial charge in [0.15, 0.2) is 5.71 Å². The standard InChI is InChI=1S/C54H70N2O23S5/c1-53(19-23-76-29-31-78-27-25-74-3)48(55(21-10-6-9-14-50(57)58)44-17-15-40-42(51(44)53)34-38(81(62,63)64)36-46(40)83(68,69)70)12-7-5-8-13-49-54(2,20-24-77-30-32-79-28-26-75-4)52-43-35-39(82(65,66)67)37-47(84(71,72)73)41(43)16-18-45(52)56(49)22-11-33-80(59,60)61/h5,7-8,12-13,15-18,34-37H,6,9-11,14,19-33H2,1-4H3,(H5-,57,58,59,60,61,62,63,64,65,66,67,68,69,70,71,72,73)/p+1. The minimum Gasteiger partial charge on any atom is -0.481 e. The van der Waals surface area contributed by atoms with Gasteiger partial charge in [-0.15, -0.1) is 0 Å². The van der Waals surface area contributed by atoms with Crippen molar-refractivity contribution < 1.29 is 108 Å². The molecule has 2 aliphatic rings. The van der Waals surface area contributed by atoms with Crippen molar-refractivity contribution >= 4 is 95.2 Å². The first-order chi connectivity index (χ1) is 39.4. The number of benzene rings is 4. The maximum absolute atomic E-state index is 12.9. The first kappa shape index (κ1) is 68.0. The summed E-state index contributed by atoms with van der Waals surface area (Å²) in [6.45, 7) is 5.83. The summed E-state index contributed by atoms with van der Waals surface area (Å²) in [6.07, 6.45) is 9.69. The van der Waals surface area contributed by atoms with Gasteiger partial charge in [0.2, 0.25) is 5.69 Å². The molecule has 0 aliphatic carbocycles. The Bertz CT molecular complexity index is 3790. The lowest BCUT2D eigenvalue weighted by Gasteiger charge is -2.31. The van der Waals surface area contributed by atoms with Gasteiger partial charge in [-0.05, 0) is 98.3 Å². The number of carboxylic acid groups (broad SMARTS) is 1. The molecule has 0 saturated carbocycles. The second-order valence-corrected chi connectivity index (χ2v) is 27.5. The molecule has 0 saturated heterocycles. The second kappa shape index (κ2) is 28.6. The molecule has 84 heavy (non-hydrogen) atoms. The predicted octanol–water partition coefficient (Wildman–Crippen LogP) is 6.17. The van der Waals surface area contributed by atoms with Gasteiger partial charge in [0.1, 0.15) is 16.3 Å². The van der Waals surface area contributed by atoms with E-state index in [1.807, 2.05) is 11.8 Å². The average molecular weight is 1280 g/mol. The Morgan fingerprint density at radius 3 is 1.56 bits per heavy atom. The molecule has 0 amide bonds. The van der Waals surface area contributed by atoms with Crippen LogP contribution in [0.2, 0.25) is 0 Å². The summed E-state index contributed by atoms with van der Waals surface area (Å²) < 4.78 is 213. The lowest BCUT2D eigenvalue weighted by molar-refractivity contribution is -0.437. The molecule has 6 N–H and O–H groups in total. The Kier molecular flexibility index (Phi) is 23.1. The summed E-state index contributed by atoms with van der Waals surface area (Å²) in [5.74, 6) is -1.65. The van der Waals surface area contributed by atoms with Gasteiger partial charge >= 0.3 is 5.97 Å². The van der Waals surface area contributed by atoms with E-state index >= 15 is 0 Å². The first-order valence-corrected chi connectivity index (χ1v) is 33.8. The first-order valence-electron chi connectivity index (χ1n) is 26.4. The lowest BCUT2D eigenvalue weighted by atomic mass is 9.75. The summed E-state index contributed by atoms with van der Waals surface area (Å²) in [7, 11) is -21.9. The van der Waals surface area contributed by atoms with E-state index in [0.29, 0.717) is 91.7 Å². The van der Waals surface area contributed by atoms with Crippen LogP contribution in [0.1, 0.15) is 69.9 Å². The molecular weight excluding hydrogens is 1200 g/mol. The molecule has 0 radical (unpaired) electrons. The van der Waals surface area contributed by atoms with Crippen LogP contribution in [0.3, 0.4) is 0 Å². The molecule has 464 valence electrons. The molecule has 25 nitrogen and oxygen atoms in total. The van der Waals surface area contributed by atoms with Crippen molar-refractivity contribution in [3.8, 4) is 0 Å². The number of methoxy groups -OCH3 is 2. The number of carboxylic acids is 1. The average Bonchev–Trinajstić information content (AvgIpc) is 1.55. The maximum Gasteiger partial charge on any atom is 0.303 e. The topological polar surface area (TPSA) is 371 Å². The van der Waals surface area contributed by atoms with Gasteiger partial charge < -0.3 is 38.4 Å². The van der Waals surface area contributed by atoms with E-state index in [4.69, 9.17) is 28.4 Å². The molecule has 0 fully saturated rings. The van der Waals surface area contributed by atoms with Crippen molar-refractivity contribution in [3.63, 3.8) is 0 Å². The van der Waals surface area contributed by atoms with Crippen molar-refractivity contribution in [2.75, 3.05) is 104 Å². The van der Waals surface area contributed by atoms with E-state index in [1.54, 1.807) is 47.9 Å². The fourth-order valence-electron chi connectivity index (χ4n) is 10.7. The summed E-state index contributed by atoms with van der Waals surface area (Å²) >= 11 is 0. The molecule has 0 bridgehead atoms. The van der Waals surface area contributed by atoms with Crippen LogP contribution in [0.4, 0.5) is 11.4 Å². The van der Waals surface area contributed by atoms with Gasteiger partial charge in [0.05, 0.1) is 73.8 Å². The third-order valence-corrected chi connectivity index (χ3v) is 18.8. The predicted molar refractivity (Wildman–Crippen MR) is 309 cm³/mol. The number of unbranched alkanes of at least 4 members (excludes halogenated alkanes) is 2. The van der Waals surface area contributed by atoms with E-state index in [1.165, 1.54) is 32.4 Å². The molecule has 2 heterocycles. The second-order valence-electron chi connectivity index (χ2n) is 20.3. The third-order valence-electron chi connectivity index (χ3n) is 14.5. The Morgan fingerprint density at radius 1 is 0.560 bits per heavy atom. The molecule has 2 aliphatic heterocycles. The number of anilines is 1. The Hall–Kier alpha value is -5.13. The summed E-state index contributed by atoms with van der Waals surface area (Å²) in [6, 6.07) is 9.37. The zero-order valence-electron chi connectivity index (χ0n) is 46.7. The van der Waals surface area contributed by atoms with Gasteiger partial charge in [0.25, 0.3) is 50.6 Å². The Labute approximate surface area is 489 Å². The van der Waals surface area contributed by atoms with E-state index in [2.05, 4.69) is 0 Å². The number of ether oxygens (including phenoxy) is 6. The molecular formula is C54H71N2O23S5+. The number of hydrogen-bond donors (Lipinski definition) is 6. The van der Waals surface area contributed by atoms with Crippen molar-refractivity contribution in [2.24, 2.45) is 0 Å². The normalized spacial score (nSPS) is 18.4. The highest BCUT2D eigenvalue weighted by molar-refractivity contribution is 7.87. The Balaban J connectivity index is 1.55. The minimum atomic E-state index is -5.14. The van der Waals surface area contributed by atoms with E-state index in [9.17, 15) is 74.8 Å². The van der Waals surface area contributed by atoms with E-state index < -0.39 is 92.7 Å². The number of aliphatic carboxylic acids is 1. The summed E-state index contributed by atoms with van der Waals surface area (Å²) in [4.78, 5) is 10.1. The smallest absolute Gasteiger partial charge is 0.303 e. The van der Waals surface area contributed by atoms with Crippen LogP contribution in [0.15, 0.2) is 104 Å². The van der Waals surface area contributed by atoms with Crippen LogP contribution in [0.5, 0.6) is 0 Å². The largest absolute Gasteiger partial charge is 0.481 e. The molecule has 2 unspecified atom stereocenters. The number of nitrogens with zero attached hydrogens (tertiary/aromatic N) is 2. The fraction of sp³-hybridized carbons (Fsp3) is 0.481. The van der Waals surface area contributed by atoms with Gasteiger partial charge in [-0.3, -0.25) is 27.6 Å². The summed E-state index contributed by atoms with van der Waals surface area (Å²) in [5.41, 5.74) is 0.147. The van der Waals surface area contributed by atoms with Crippen LogP contribution in [-0.2, 0) is 94.6 Å². The quantitative estimate of drug-likeness (QED) is 0.0130. The molecule has 6 rings (SSSR count). The van der Waals surface area contributed by atoms with Gasteiger partial charge in [-0.1, -0.05) is 30.7 Å². The Morgan fingerprint density at radius 2 is 1.06 bits per heavy atom. The number of rotatable bonds is 35. The SMILES string of the molecule is COCCOCCOCCC1(C)C(=CC=CC=CC2=[N+](CCCS(=O)(=O)O)c3ccc4c(S(=O)(=O)O)cc(S(=O)(=O)O)cc4c3C2(C)CCOCCOCCOC)N(CCCCCC(=O)O)c2ccc3c(S(=O)(=O)O)cc(S(=O)(=O)O)cc3c21. The van der Waals surface area contributed by atoms with Gasteiger partial charge in [-0.2, -0.15) is 46.7 Å². The highest BCUT2D eigenvalue weighted by atomic mass is 32.2. The van der Waals surface area contributed by atoms with Crippen LogP contribution in [0, 0.1) is 0 Å². The number of carbonyl (C=O) groups is 1. The van der Waals surface area contributed by atoms with Crippen molar-refractivity contribution in [1.29, 1.82) is 0 Å². The molecule has 4 aromatic rings. The van der Waals surface area contributed by atoms with E-state index in [-0.39, 0.29) is 100.0 Å².